The lowest BCUT2D eigenvalue weighted by atomic mass is 10.2. The molecule has 0 heterocycles. The van der Waals surface area contributed by atoms with Crippen LogP contribution in [0.25, 0.3) is 0 Å². The smallest absolute Gasteiger partial charge is 0.329 e. The van der Waals surface area contributed by atoms with Crippen molar-refractivity contribution in [3.05, 3.63) is 35.6 Å². The van der Waals surface area contributed by atoms with Gasteiger partial charge in [-0.2, -0.15) is 11.8 Å². The topological polar surface area (TPSA) is 55.4 Å². The number of rotatable bonds is 5. The normalized spacial score (nSPS) is 11.7. The Balaban J connectivity index is 2.71. The molecule has 0 saturated carbocycles. The maximum absolute atomic E-state index is 12.7. The molecule has 0 fully saturated rings. The largest absolute Gasteiger partial charge is 0.467 e. The van der Waals surface area contributed by atoms with E-state index in [1.807, 2.05) is 6.26 Å². The molecule has 1 N–H and O–H groups in total. The quantitative estimate of drug-likeness (QED) is 0.824. The number of ether oxygens (including phenoxy) is 1. The van der Waals surface area contributed by atoms with Crippen LogP contribution in [0.4, 0.5) is 4.39 Å². The van der Waals surface area contributed by atoms with Crippen LogP contribution in [0.2, 0.25) is 0 Å². The van der Waals surface area contributed by atoms with Gasteiger partial charge in [-0.1, -0.05) is 0 Å². The molecule has 0 aromatic heterocycles. The molecule has 1 amide bonds. The lowest BCUT2D eigenvalue weighted by molar-refractivity contribution is -0.142. The third kappa shape index (κ3) is 4.03. The molecule has 0 bridgehead atoms. The van der Waals surface area contributed by atoms with Crippen LogP contribution in [-0.2, 0) is 9.53 Å². The highest BCUT2D eigenvalue weighted by Crippen LogP contribution is 2.05. The van der Waals surface area contributed by atoms with Crippen LogP contribution >= 0.6 is 11.8 Å². The molecule has 0 spiro atoms. The van der Waals surface area contributed by atoms with Crippen molar-refractivity contribution in [2.45, 2.75) is 6.04 Å². The number of methoxy groups -OCH3 is 1. The van der Waals surface area contributed by atoms with Crippen molar-refractivity contribution in [3.63, 3.8) is 0 Å². The van der Waals surface area contributed by atoms with Crippen LogP contribution in [0.15, 0.2) is 24.3 Å². The Bertz CT molecular complexity index is 422. The molecule has 0 radical (unpaired) electrons. The molecular formula is C12H14FNO3S. The fourth-order valence-corrected chi connectivity index (χ4v) is 1.87. The van der Waals surface area contributed by atoms with Crippen molar-refractivity contribution in [3.8, 4) is 0 Å². The monoisotopic (exact) mass is 271 g/mol. The van der Waals surface area contributed by atoms with E-state index in [0.29, 0.717) is 11.3 Å². The van der Waals surface area contributed by atoms with Crippen molar-refractivity contribution in [2.24, 2.45) is 0 Å². The Morgan fingerprint density at radius 2 is 2.00 bits per heavy atom. The number of hydrogen-bond donors (Lipinski definition) is 1. The standard InChI is InChI=1S/C12H14FNO3S/c1-17-12(16)10(7-18-2)14-11(15)8-3-5-9(13)6-4-8/h3-6,10H,7H2,1-2H3,(H,14,15)/t10-/m0/s1. The maximum Gasteiger partial charge on any atom is 0.329 e. The molecule has 1 rings (SSSR count). The third-order valence-corrected chi connectivity index (χ3v) is 2.90. The third-order valence-electron chi connectivity index (χ3n) is 2.23. The summed E-state index contributed by atoms with van der Waals surface area (Å²) in [7, 11) is 1.26. The van der Waals surface area contributed by atoms with Gasteiger partial charge in [0, 0.05) is 11.3 Å². The highest BCUT2D eigenvalue weighted by molar-refractivity contribution is 7.98. The molecule has 98 valence electrons. The number of thioether (sulfide) groups is 1. The van der Waals surface area contributed by atoms with Gasteiger partial charge in [-0.3, -0.25) is 4.79 Å². The fraction of sp³-hybridized carbons (Fsp3) is 0.333. The van der Waals surface area contributed by atoms with Crippen molar-refractivity contribution in [1.82, 2.24) is 5.32 Å². The fourth-order valence-electron chi connectivity index (χ4n) is 1.32. The van der Waals surface area contributed by atoms with Crippen LogP contribution in [-0.4, -0.2) is 37.0 Å². The van der Waals surface area contributed by atoms with Crippen LogP contribution in [0.1, 0.15) is 10.4 Å². The van der Waals surface area contributed by atoms with Gasteiger partial charge in [0.2, 0.25) is 0 Å². The summed E-state index contributed by atoms with van der Waals surface area (Å²) in [5, 5.41) is 2.55. The second-order valence-electron chi connectivity index (χ2n) is 3.51. The molecule has 0 aliphatic rings. The van der Waals surface area contributed by atoms with Crippen molar-refractivity contribution >= 4 is 23.6 Å². The van der Waals surface area contributed by atoms with Crippen molar-refractivity contribution in [2.75, 3.05) is 19.1 Å². The van der Waals surface area contributed by atoms with Gasteiger partial charge in [0.05, 0.1) is 7.11 Å². The first-order valence-corrected chi connectivity index (χ1v) is 6.61. The zero-order valence-electron chi connectivity index (χ0n) is 10.1. The van der Waals surface area contributed by atoms with Gasteiger partial charge >= 0.3 is 5.97 Å². The SMILES string of the molecule is COC(=O)[C@H](CSC)NC(=O)c1ccc(F)cc1. The Labute approximate surface area is 109 Å². The van der Waals surface area contributed by atoms with E-state index in [2.05, 4.69) is 10.1 Å². The number of esters is 1. The van der Waals surface area contributed by atoms with E-state index < -0.39 is 23.7 Å². The zero-order valence-corrected chi connectivity index (χ0v) is 10.9. The predicted octanol–water partition coefficient (Wildman–Crippen LogP) is 1.46. The minimum absolute atomic E-state index is 0.298. The summed E-state index contributed by atoms with van der Waals surface area (Å²) in [6.45, 7) is 0. The van der Waals surface area contributed by atoms with E-state index in [-0.39, 0.29) is 0 Å². The number of hydrogen-bond acceptors (Lipinski definition) is 4. The summed E-state index contributed by atoms with van der Waals surface area (Å²) in [4.78, 5) is 23.2. The molecule has 0 aliphatic heterocycles. The minimum Gasteiger partial charge on any atom is -0.467 e. The lowest BCUT2D eigenvalue weighted by Gasteiger charge is -2.15. The average Bonchev–Trinajstić information content (AvgIpc) is 2.38. The summed E-state index contributed by atoms with van der Waals surface area (Å²) in [5.74, 6) is -0.931. The molecule has 0 unspecified atom stereocenters. The van der Waals surface area contributed by atoms with Crippen LogP contribution in [0.3, 0.4) is 0 Å². The van der Waals surface area contributed by atoms with Crippen LogP contribution < -0.4 is 5.32 Å². The molecule has 0 saturated heterocycles. The van der Waals surface area contributed by atoms with E-state index >= 15 is 0 Å². The highest BCUT2D eigenvalue weighted by atomic mass is 32.2. The average molecular weight is 271 g/mol. The first kappa shape index (κ1) is 14.5. The zero-order chi connectivity index (χ0) is 13.5. The van der Waals surface area contributed by atoms with Gasteiger partial charge in [-0.15, -0.1) is 0 Å². The molecular weight excluding hydrogens is 257 g/mol. The summed E-state index contributed by atoms with van der Waals surface area (Å²) in [6, 6.07) is 4.39. The maximum atomic E-state index is 12.7. The van der Waals surface area contributed by atoms with Crippen molar-refractivity contribution < 1.29 is 18.7 Å². The van der Waals surface area contributed by atoms with E-state index in [9.17, 15) is 14.0 Å². The van der Waals surface area contributed by atoms with Gasteiger partial charge in [0.15, 0.2) is 0 Å². The summed E-state index contributed by atoms with van der Waals surface area (Å²) >= 11 is 1.42. The number of carbonyl (C=O) groups excluding carboxylic acids is 2. The number of nitrogens with one attached hydrogen (secondary N) is 1. The number of halogens is 1. The van der Waals surface area contributed by atoms with E-state index in [4.69, 9.17) is 0 Å². The second kappa shape index (κ2) is 7.00. The van der Waals surface area contributed by atoms with Gasteiger partial charge in [-0.25, -0.2) is 9.18 Å². The number of amides is 1. The predicted molar refractivity (Wildman–Crippen MR) is 68.1 cm³/mol. The molecule has 4 nitrogen and oxygen atoms in total. The Morgan fingerprint density at radius 1 is 1.39 bits per heavy atom. The molecule has 1 aromatic rings. The Morgan fingerprint density at radius 3 is 2.50 bits per heavy atom. The minimum atomic E-state index is -0.706. The number of benzene rings is 1. The Kier molecular flexibility index (Phi) is 5.64. The van der Waals surface area contributed by atoms with Crippen LogP contribution in [0, 0.1) is 5.82 Å². The van der Waals surface area contributed by atoms with Gasteiger partial charge in [-0.05, 0) is 30.5 Å². The molecule has 18 heavy (non-hydrogen) atoms. The lowest BCUT2D eigenvalue weighted by Crippen LogP contribution is -2.43. The van der Waals surface area contributed by atoms with E-state index in [1.165, 1.54) is 43.1 Å². The van der Waals surface area contributed by atoms with E-state index in [1.54, 1.807) is 0 Å². The molecule has 0 aliphatic carbocycles. The summed E-state index contributed by atoms with van der Waals surface area (Å²) in [6.07, 6.45) is 1.82. The van der Waals surface area contributed by atoms with E-state index in [0.717, 1.165) is 0 Å². The molecule has 1 atom stereocenters. The number of carbonyl (C=O) groups is 2. The van der Waals surface area contributed by atoms with Gasteiger partial charge in [0.1, 0.15) is 11.9 Å². The summed E-state index contributed by atoms with van der Waals surface area (Å²) < 4.78 is 17.3. The first-order valence-electron chi connectivity index (χ1n) is 5.21. The highest BCUT2D eigenvalue weighted by Gasteiger charge is 2.21. The Hall–Kier alpha value is -1.56. The second-order valence-corrected chi connectivity index (χ2v) is 4.42. The summed E-state index contributed by atoms with van der Waals surface area (Å²) in [5.41, 5.74) is 0.298. The van der Waals surface area contributed by atoms with Gasteiger partial charge < -0.3 is 10.1 Å². The molecule has 1 aromatic carbocycles. The van der Waals surface area contributed by atoms with Gasteiger partial charge in [0.25, 0.3) is 5.91 Å². The first-order chi connectivity index (χ1) is 8.58. The molecule has 6 heteroatoms. The van der Waals surface area contributed by atoms with Crippen molar-refractivity contribution in [1.29, 1.82) is 0 Å². The van der Waals surface area contributed by atoms with Crippen LogP contribution in [0.5, 0.6) is 0 Å².